The molecule has 2 rings (SSSR count). The first-order valence-corrected chi connectivity index (χ1v) is 6.17. The summed E-state index contributed by atoms with van der Waals surface area (Å²) in [4.78, 5) is 15.8. The zero-order valence-corrected chi connectivity index (χ0v) is 12.6. The van der Waals surface area contributed by atoms with Crippen molar-refractivity contribution in [3.63, 3.8) is 0 Å². The van der Waals surface area contributed by atoms with Crippen molar-refractivity contribution < 1.29 is 4.79 Å². The topological polar surface area (TPSA) is 54.0 Å². The summed E-state index contributed by atoms with van der Waals surface area (Å²) in [6.45, 7) is 4.07. The minimum Gasteiger partial charge on any atom is -0.326 e. The van der Waals surface area contributed by atoms with Crippen LogP contribution in [0.3, 0.4) is 0 Å². The van der Waals surface area contributed by atoms with E-state index in [0.29, 0.717) is 12.3 Å². The van der Waals surface area contributed by atoms with Gasteiger partial charge in [0.1, 0.15) is 0 Å². The first kappa shape index (κ1) is 18.2. The standard InChI is InChI=1S/C13H19N3O.2ClH/c1-10-8-12(5-7-15-10)16-13(17)3-2-11-4-6-14-9-11;;/h5,7-8,11,14H,2-4,6,9H2,1H3,(H,15,16,17);2*1H. The van der Waals surface area contributed by atoms with Crippen LogP contribution in [-0.4, -0.2) is 24.0 Å². The van der Waals surface area contributed by atoms with Gasteiger partial charge in [-0.25, -0.2) is 0 Å². The zero-order chi connectivity index (χ0) is 12.1. The van der Waals surface area contributed by atoms with E-state index in [0.717, 1.165) is 30.9 Å². The number of nitrogens with zero attached hydrogens (tertiary/aromatic N) is 1. The molecule has 2 N–H and O–H groups in total. The maximum Gasteiger partial charge on any atom is 0.224 e. The zero-order valence-electron chi connectivity index (χ0n) is 11.0. The molecule has 19 heavy (non-hydrogen) atoms. The molecule has 1 fully saturated rings. The average Bonchev–Trinajstić information content (AvgIpc) is 2.79. The molecule has 0 radical (unpaired) electrons. The summed E-state index contributed by atoms with van der Waals surface area (Å²) in [5.41, 5.74) is 1.76. The Morgan fingerprint density at radius 2 is 2.32 bits per heavy atom. The van der Waals surface area contributed by atoms with E-state index in [1.54, 1.807) is 6.20 Å². The lowest BCUT2D eigenvalue weighted by molar-refractivity contribution is -0.116. The van der Waals surface area contributed by atoms with Crippen LogP contribution in [0.4, 0.5) is 5.69 Å². The Morgan fingerprint density at radius 3 is 2.95 bits per heavy atom. The number of amides is 1. The van der Waals surface area contributed by atoms with Crippen LogP contribution in [0, 0.1) is 12.8 Å². The summed E-state index contributed by atoms with van der Waals surface area (Å²) in [6.07, 6.45) is 4.49. The highest BCUT2D eigenvalue weighted by Gasteiger charge is 2.15. The van der Waals surface area contributed by atoms with Gasteiger partial charge < -0.3 is 10.6 Å². The van der Waals surface area contributed by atoms with Crippen LogP contribution in [0.2, 0.25) is 0 Å². The van der Waals surface area contributed by atoms with Crippen molar-refractivity contribution in [2.45, 2.75) is 26.2 Å². The number of rotatable bonds is 4. The minimum atomic E-state index is 0. The molecule has 0 aromatic carbocycles. The monoisotopic (exact) mass is 305 g/mol. The number of pyridine rings is 1. The molecular formula is C13H21Cl2N3O. The Morgan fingerprint density at radius 1 is 1.53 bits per heavy atom. The number of aromatic nitrogens is 1. The van der Waals surface area contributed by atoms with E-state index in [9.17, 15) is 4.79 Å². The summed E-state index contributed by atoms with van der Waals surface area (Å²) >= 11 is 0. The molecule has 1 unspecified atom stereocenters. The average molecular weight is 306 g/mol. The van der Waals surface area contributed by atoms with Gasteiger partial charge in [0.25, 0.3) is 0 Å². The molecule has 0 aliphatic carbocycles. The third kappa shape index (κ3) is 6.23. The van der Waals surface area contributed by atoms with Crippen LogP contribution in [0.5, 0.6) is 0 Å². The molecule has 2 heterocycles. The molecule has 0 bridgehead atoms. The Bertz CT molecular complexity index is 395. The van der Waals surface area contributed by atoms with Gasteiger partial charge in [0.15, 0.2) is 0 Å². The number of anilines is 1. The Balaban J connectivity index is 0.00000162. The van der Waals surface area contributed by atoms with Crippen molar-refractivity contribution in [3.8, 4) is 0 Å². The van der Waals surface area contributed by atoms with E-state index in [1.165, 1.54) is 6.42 Å². The maximum atomic E-state index is 11.7. The van der Waals surface area contributed by atoms with Crippen LogP contribution in [0.25, 0.3) is 0 Å². The lowest BCUT2D eigenvalue weighted by Gasteiger charge is -2.08. The number of nitrogens with one attached hydrogen (secondary N) is 2. The molecule has 0 spiro atoms. The summed E-state index contributed by atoms with van der Waals surface area (Å²) in [5, 5.41) is 6.22. The second-order valence-electron chi connectivity index (χ2n) is 4.63. The Labute approximate surface area is 126 Å². The molecule has 1 aliphatic rings. The van der Waals surface area contributed by atoms with Gasteiger partial charge in [-0.1, -0.05) is 0 Å². The minimum absolute atomic E-state index is 0. The quantitative estimate of drug-likeness (QED) is 0.899. The predicted octanol–water partition coefficient (Wildman–Crippen LogP) is 2.56. The Kier molecular flexibility index (Phi) is 8.72. The highest BCUT2D eigenvalue weighted by atomic mass is 35.5. The van der Waals surface area contributed by atoms with Gasteiger partial charge in [0, 0.05) is 24.0 Å². The smallest absolute Gasteiger partial charge is 0.224 e. The van der Waals surface area contributed by atoms with E-state index in [2.05, 4.69) is 15.6 Å². The molecular weight excluding hydrogens is 285 g/mol. The highest BCUT2D eigenvalue weighted by Crippen LogP contribution is 2.15. The van der Waals surface area contributed by atoms with Gasteiger partial charge in [0.2, 0.25) is 5.91 Å². The van der Waals surface area contributed by atoms with E-state index in [1.807, 2.05) is 19.1 Å². The number of hydrogen-bond donors (Lipinski definition) is 2. The molecule has 4 nitrogen and oxygen atoms in total. The van der Waals surface area contributed by atoms with Crippen LogP contribution >= 0.6 is 24.8 Å². The SMILES string of the molecule is Cc1cc(NC(=O)CCC2CCNC2)ccn1.Cl.Cl. The van der Waals surface area contributed by atoms with Gasteiger partial charge in [-0.15, -0.1) is 24.8 Å². The first-order chi connectivity index (χ1) is 8.24. The van der Waals surface area contributed by atoms with Crippen molar-refractivity contribution in [3.05, 3.63) is 24.0 Å². The number of hydrogen-bond acceptors (Lipinski definition) is 3. The maximum absolute atomic E-state index is 11.7. The lowest BCUT2D eigenvalue weighted by atomic mass is 10.0. The van der Waals surface area contributed by atoms with Crippen molar-refractivity contribution in [2.24, 2.45) is 5.92 Å². The van der Waals surface area contributed by atoms with Crippen molar-refractivity contribution in [1.29, 1.82) is 0 Å². The second-order valence-corrected chi connectivity index (χ2v) is 4.63. The summed E-state index contributed by atoms with van der Waals surface area (Å²) in [5.74, 6) is 0.766. The van der Waals surface area contributed by atoms with Crippen LogP contribution < -0.4 is 10.6 Å². The van der Waals surface area contributed by atoms with Gasteiger partial charge in [0.05, 0.1) is 0 Å². The van der Waals surface area contributed by atoms with Crippen LogP contribution in [-0.2, 0) is 4.79 Å². The highest BCUT2D eigenvalue weighted by molar-refractivity contribution is 5.90. The molecule has 1 amide bonds. The normalized spacial score (nSPS) is 17.2. The van der Waals surface area contributed by atoms with Gasteiger partial charge in [-0.2, -0.15) is 0 Å². The fourth-order valence-corrected chi connectivity index (χ4v) is 2.14. The third-order valence-corrected chi connectivity index (χ3v) is 3.12. The second kappa shape index (κ2) is 9.13. The fourth-order valence-electron chi connectivity index (χ4n) is 2.14. The number of carbonyl (C=O) groups is 1. The Hall–Kier alpha value is -0.840. The van der Waals surface area contributed by atoms with E-state index in [4.69, 9.17) is 0 Å². The molecule has 1 atom stereocenters. The van der Waals surface area contributed by atoms with E-state index >= 15 is 0 Å². The molecule has 1 aliphatic heterocycles. The van der Waals surface area contributed by atoms with Gasteiger partial charge in [-0.05, 0) is 50.9 Å². The molecule has 1 aromatic rings. The number of aryl methyl sites for hydroxylation is 1. The number of carbonyl (C=O) groups excluding carboxylic acids is 1. The third-order valence-electron chi connectivity index (χ3n) is 3.12. The fraction of sp³-hybridized carbons (Fsp3) is 0.538. The summed E-state index contributed by atoms with van der Waals surface area (Å²) in [7, 11) is 0. The largest absolute Gasteiger partial charge is 0.326 e. The van der Waals surface area contributed by atoms with Crippen molar-refractivity contribution in [2.75, 3.05) is 18.4 Å². The summed E-state index contributed by atoms with van der Waals surface area (Å²) in [6, 6.07) is 3.71. The molecule has 6 heteroatoms. The van der Waals surface area contributed by atoms with Crippen LogP contribution in [0.15, 0.2) is 18.3 Å². The van der Waals surface area contributed by atoms with E-state index < -0.39 is 0 Å². The number of halogens is 2. The van der Waals surface area contributed by atoms with Crippen molar-refractivity contribution in [1.82, 2.24) is 10.3 Å². The van der Waals surface area contributed by atoms with Gasteiger partial charge >= 0.3 is 0 Å². The molecule has 1 aromatic heterocycles. The predicted molar refractivity (Wildman–Crippen MR) is 82.3 cm³/mol. The van der Waals surface area contributed by atoms with E-state index in [-0.39, 0.29) is 30.7 Å². The lowest BCUT2D eigenvalue weighted by Crippen LogP contribution is -2.15. The van der Waals surface area contributed by atoms with Gasteiger partial charge in [-0.3, -0.25) is 9.78 Å². The first-order valence-electron chi connectivity index (χ1n) is 6.17. The molecule has 1 saturated heterocycles. The van der Waals surface area contributed by atoms with Crippen molar-refractivity contribution >= 4 is 36.4 Å². The summed E-state index contributed by atoms with van der Waals surface area (Å²) < 4.78 is 0. The molecule has 0 saturated carbocycles. The molecule has 108 valence electrons. The van der Waals surface area contributed by atoms with Crippen LogP contribution in [0.1, 0.15) is 25.0 Å².